The van der Waals surface area contributed by atoms with Gasteiger partial charge in [0.05, 0.1) is 18.8 Å². The largest absolute Gasteiger partial charge is 0.495 e. The third-order valence-electron chi connectivity index (χ3n) is 6.88. The second-order valence-corrected chi connectivity index (χ2v) is 9.21. The molecule has 0 spiro atoms. The normalized spacial score (nSPS) is 20.0. The zero-order valence-electron chi connectivity index (χ0n) is 20.1. The number of carbonyl (C=O) groups excluding carboxylic acids is 1. The Kier molecular flexibility index (Phi) is 6.27. The van der Waals surface area contributed by atoms with Crippen molar-refractivity contribution in [2.75, 3.05) is 43.5 Å². The number of piperazine rings is 1. The molecule has 36 heavy (non-hydrogen) atoms. The zero-order valence-corrected chi connectivity index (χ0v) is 20.1. The molecule has 7 nitrogen and oxygen atoms in total. The third kappa shape index (κ3) is 4.59. The monoisotopic (exact) mass is 499 g/mol. The van der Waals surface area contributed by atoms with Crippen LogP contribution in [0.3, 0.4) is 0 Å². The molecule has 190 valence electrons. The molecule has 2 atom stereocenters. The number of anilines is 2. The summed E-state index contributed by atoms with van der Waals surface area (Å²) in [7, 11) is 1.62. The van der Waals surface area contributed by atoms with Gasteiger partial charge in [-0.1, -0.05) is 42.0 Å². The number of halogens is 3. The highest BCUT2D eigenvalue weighted by Crippen LogP contribution is 2.43. The molecule has 2 aliphatic rings. The van der Waals surface area contributed by atoms with E-state index in [1.807, 2.05) is 55.5 Å². The lowest BCUT2D eigenvalue weighted by Crippen LogP contribution is -2.49. The summed E-state index contributed by atoms with van der Waals surface area (Å²) in [6.07, 6.45) is -4.70. The minimum absolute atomic E-state index is 0.0158. The Morgan fingerprint density at radius 2 is 1.75 bits per heavy atom. The van der Waals surface area contributed by atoms with E-state index in [1.165, 1.54) is 6.07 Å². The van der Waals surface area contributed by atoms with Gasteiger partial charge in [-0.25, -0.2) is 4.68 Å². The molecule has 0 unspecified atom stereocenters. The number of hydrogen-bond donors (Lipinski definition) is 1. The molecule has 1 N–H and O–H groups in total. The fourth-order valence-corrected chi connectivity index (χ4v) is 4.90. The van der Waals surface area contributed by atoms with E-state index in [2.05, 4.69) is 15.3 Å². The van der Waals surface area contributed by atoms with Crippen LogP contribution in [0.2, 0.25) is 0 Å². The van der Waals surface area contributed by atoms with E-state index >= 15 is 0 Å². The van der Waals surface area contributed by atoms with Crippen molar-refractivity contribution in [2.45, 2.75) is 31.6 Å². The molecular formula is C26H28F3N5O2. The van der Waals surface area contributed by atoms with Crippen molar-refractivity contribution in [3.63, 3.8) is 0 Å². The molecule has 0 saturated carbocycles. The van der Waals surface area contributed by atoms with Gasteiger partial charge in [0, 0.05) is 38.7 Å². The maximum atomic E-state index is 14.0. The third-order valence-corrected chi connectivity index (χ3v) is 6.88. The molecule has 3 heterocycles. The average Bonchev–Trinajstić information content (AvgIpc) is 3.32. The number of para-hydroxylation sites is 2. The van der Waals surface area contributed by atoms with Gasteiger partial charge in [-0.15, -0.1) is 0 Å². The van der Waals surface area contributed by atoms with Crippen molar-refractivity contribution in [3.8, 4) is 5.75 Å². The molecule has 5 rings (SSSR count). The lowest BCUT2D eigenvalue weighted by Gasteiger charge is -2.36. The molecule has 0 aliphatic carbocycles. The second-order valence-electron chi connectivity index (χ2n) is 9.21. The summed E-state index contributed by atoms with van der Waals surface area (Å²) in [6, 6.07) is 14.2. The van der Waals surface area contributed by atoms with Crippen molar-refractivity contribution < 1.29 is 22.7 Å². The highest BCUT2D eigenvalue weighted by atomic mass is 19.4. The van der Waals surface area contributed by atoms with Crippen LogP contribution < -0.4 is 15.0 Å². The van der Waals surface area contributed by atoms with E-state index in [0.29, 0.717) is 26.2 Å². The molecular weight excluding hydrogens is 471 g/mol. The van der Waals surface area contributed by atoms with Crippen molar-refractivity contribution >= 4 is 17.4 Å². The second kappa shape index (κ2) is 9.40. The van der Waals surface area contributed by atoms with Crippen LogP contribution >= 0.6 is 0 Å². The number of nitrogens with one attached hydrogen (secondary N) is 1. The fourth-order valence-electron chi connectivity index (χ4n) is 4.90. The van der Waals surface area contributed by atoms with Gasteiger partial charge in [-0.3, -0.25) is 4.79 Å². The molecule has 10 heteroatoms. The molecule has 1 saturated heterocycles. The van der Waals surface area contributed by atoms with Crippen LogP contribution in [0.1, 0.15) is 40.1 Å². The number of amides is 1. The molecule has 0 bridgehead atoms. The number of aryl methyl sites for hydroxylation is 1. The van der Waals surface area contributed by atoms with Crippen molar-refractivity contribution in [3.05, 3.63) is 71.4 Å². The Morgan fingerprint density at radius 3 is 2.42 bits per heavy atom. The molecule has 0 radical (unpaired) electrons. The van der Waals surface area contributed by atoms with E-state index in [1.54, 1.807) is 12.0 Å². The van der Waals surface area contributed by atoms with Crippen LogP contribution in [-0.2, 0) is 0 Å². The molecule has 3 aromatic rings. The lowest BCUT2D eigenvalue weighted by molar-refractivity contribution is -0.173. The summed E-state index contributed by atoms with van der Waals surface area (Å²) >= 11 is 0. The Morgan fingerprint density at radius 1 is 1.06 bits per heavy atom. The van der Waals surface area contributed by atoms with Gasteiger partial charge in [0.15, 0.2) is 11.7 Å². The number of fused-ring (bicyclic) bond motifs is 1. The molecule has 2 aliphatic heterocycles. The zero-order chi connectivity index (χ0) is 25.4. The average molecular weight is 500 g/mol. The summed E-state index contributed by atoms with van der Waals surface area (Å²) in [6.45, 7) is 3.96. The summed E-state index contributed by atoms with van der Waals surface area (Å²) < 4.78 is 48.4. The van der Waals surface area contributed by atoms with Gasteiger partial charge in [0.2, 0.25) is 0 Å². The Balaban J connectivity index is 1.34. The van der Waals surface area contributed by atoms with Gasteiger partial charge < -0.3 is 19.9 Å². The topological polar surface area (TPSA) is 62.6 Å². The number of ether oxygens (including phenoxy) is 1. The number of rotatable bonds is 4. The number of carbonyl (C=O) groups is 1. The number of methoxy groups -OCH3 is 1. The van der Waals surface area contributed by atoms with Crippen molar-refractivity contribution in [1.82, 2.24) is 14.7 Å². The lowest BCUT2D eigenvalue weighted by atomic mass is 9.96. The number of hydrogen-bond acceptors (Lipinski definition) is 5. The van der Waals surface area contributed by atoms with Crippen LogP contribution in [0, 0.1) is 6.92 Å². The molecule has 1 amide bonds. The van der Waals surface area contributed by atoms with E-state index in [9.17, 15) is 18.0 Å². The minimum atomic E-state index is -4.49. The quantitative estimate of drug-likeness (QED) is 0.558. The van der Waals surface area contributed by atoms with Gasteiger partial charge in [0.25, 0.3) is 5.91 Å². The van der Waals surface area contributed by atoms with E-state index in [-0.39, 0.29) is 23.8 Å². The van der Waals surface area contributed by atoms with Gasteiger partial charge >= 0.3 is 6.18 Å². The maximum Gasteiger partial charge on any atom is 0.410 e. The van der Waals surface area contributed by atoms with Gasteiger partial charge in [-0.05, 0) is 24.6 Å². The predicted molar refractivity (Wildman–Crippen MR) is 131 cm³/mol. The number of nitrogens with zero attached hydrogens (tertiary/aromatic N) is 4. The first-order valence-electron chi connectivity index (χ1n) is 11.9. The van der Waals surface area contributed by atoms with Crippen LogP contribution in [-0.4, -0.2) is 60.1 Å². The first-order chi connectivity index (χ1) is 17.2. The van der Waals surface area contributed by atoms with Gasteiger partial charge in [0.1, 0.15) is 11.6 Å². The van der Waals surface area contributed by atoms with Crippen molar-refractivity contribution in [2.24, 2.45) is 0 Å². The maximum absolute atomic E-state index is 14.0. The number of alkyl halides is 3. The fraction of sp³-hybridized carbons (Fsp3) is 0.385. The molecule has 1 fully saturated rings. The van der Waals surface area contributed by atoms with Crippen LogP contribution in [0.5, 0.6) is 5.75 Å². The molecule has 1 aromatic heterocycles. The predicted octanol–water partition coefficient (Wildman–Crippen LogP) is 4.82. The number of benzene rings is 2. The Bertz CT molecular complexity index is 1230. The highest BCUT2D eigenvalue weighted by molar-refractivity contribution is 5.93. The Hall–Kier alpha value is -3.69. The summed E-state index contributed by atoms with van der Waals surface area (Å²) in [5.41, 5.74) is 2.76. The molecule has 2 aromatic carbocycles. The number of aromatic nitrogens is 2. The summed E-state index contributed by atoms with van der Waals surface area (Å²) in [4.78, 5) is 17.0. The first kappa shape index (κ1) is 24.0. The minimum Gasteiger partial charge on any atom is -0.495 e. The summed E-state index contributed by atoms with van der Waals surface area (Å²) in [5.74, 6) is 0.586. The SMILES string of the molecule is COc1ccccc1N1CCN(C(=O)c2cc3n(n2)[C@H](C(F)(F)F)C[C@H](c2ccc(C)cc2)N3)CC1. The van der Waals surface area contributed by atoms with Crippen LogP contribution in [0.15, 0.2) is 54.6 Å². The van der Waals surface area contributed by atoms with E-state index in [4.69, 9.17) is 4.74 Å². The van der Waals surface area contributed by atoms with Crippen LogP contribution in [0.25, 0.3) is 0 Å². The van der Waals surface area contributed by atoms with Crippen molar-refractivity contribution in [1.29, 1.82) is 0 Å². The standard InChI is InChI=1S/C26H28F3N5O2/c1-17-7-9-18(10-8-17)19-15-23(26(27,28)29)34-24(30-19)16-20(31-34)25(35)33-13-11-32(12-14-33)21-5-3-4-6-22(21)36-2/h3-10,16,19,23,30H,11-15H2,1-2H3/t19-,23+/m1/s1. The smallest absolute Gasteiger partial charge is 0.410 e. The summed E-state index contributed by atoms with van der Waals surface area (Å²) in [5, 5.41) is 7.29. The van der Waals surface area contributed by atoms with E-state index < -0.39 is 18.3 Å². The van der Waals surface area contributed by atoms with Gasteiger partial charge in [-0.2, -0.15) is 18.3 Å². The Labute approximate surface area is 207 Å². The van der Waals surface area contributed by atoms with E-state index in [0.717, 1.165) is 27.2 Å². The first-order valence-corrected chi connectivity index (χ1v) is 11.9. The van der Waals surface area contributed by atoms with Crippen LogP contribution in [0.4, 0.5) is 24.7 Å². The highest BCUT2D eigenvalue weighted by Gasteiger charge is 2.47.